The number of hydrogen-bond acceptors (Lipinski definition) is 1. The molecule has 0 aromatic heterocycles. The number of carbonyl (C=O) groups is 1. The van der Waals surface area contributed by atoms with Crippen LogP contribution in [0.3, 0.4) is 0 Å². The highest BCUT2D eigenvalue weighted by Crippen LogP contribution is 2.08. The Bertz CT molecular complexity index is 144. The summed E-state index contributed by atoms with van der Waals surface area (Å²) in [7, 11) is 0. The normalized spacial score (nSPS) is 10.1. The van der Waals surface area contributed by atoms with Gasteiger partial charge in [0.05, 0.1) is 0 Å². The zero-order valence-electron chi connectivity index (χ0n) is 7.44. The molecule has 0 radical (unpaired) electrons. The number of halogens is 3. The molecule has 0 aliphatic rings. The molecule has 0 spiro atoms. The zero-order chi connectivity index (χ0) is 10.1. The highest BCUT2D eigenvalue weighted by Gasteiger charge is 2.09. The predicted molar refractivity (Wildman–Crippen MR) is 50.6 cm³/mol. The van der Waals surface area contributed by atoms with Gasteiger partial charge in [-0.1, -0.05) is 44.2 Å². The van der Waals surface area contributed by atoms with Crippen molar-refractivity contribution in [1.29, 1.82) is 0 Å². The molecular formula is C8H14BrF2NO. The van der Waals surface area contributed by atoms with E-state index in [2.05, 4.69) is 15.9 Å². The van der Waals surface area contributed by atoms with Gasteiger partial charge in [0.1, 0.15) is 0 Å². The molecule has 0 bridgehead atoms. The van der Waals surface area contributed by atoms with Crippen LogP contribution in [-0.2, 0) is 4.79 Å². The van der Waals surface area contributed by atoms with Crippen molar-refractivity contribution in [3.8, 4) is 0 Å². The molecule has 0 aliphatic carbocycles. The molecule has 1 amide bonds. The van der Waals surface area contributed by atoms with Gasteiger partial charge < -0.3 is 0 Å². The summed E-state index contributed by atoms with van der Waals surface area (Å²) in [5, 5.41) is -0.354. The fourth-order valence-electron chi connectivity index (χ4n) is 0.986. The molecule has 78 valence electrons. The second-order valence-electron chi connectivity index (χ2n) is 2.83. The first kappa shape index (κ1) is 12.8. The monoisotopic (exact) mass is 257 g/mol. The number of alkyl halides is 1. The molecule has 0 saturated heterocycles. The molecule has 0 aromatic carbocycles. The van der Waals surface area contributed by atoms with Crippen LogP contribution in [0.5, 0.6) is 0 Å². The summed E-state index contributed by atoms with van der Waals surface area (Å²) in [6.45, 7) is 0. The lowest BCUT2D eigenvalue weighted by Crippen LogP contribution is -2.12. The first-order valence-electron chi connectivity index (χ1n) is 4.39. The van der Waals surface area contributed by atoms with E-state index >= 15 is 0 Å². The van der Waals surface area contributed by atoms with Gasteiger partial charge in [-0.15, -0.1) is 0 Å². The second-order valence-corrected chi connectivity index (χ2v) is 3.63. The van der Waals surface area contributed by atoms with Gasteiger partial charge in [0.25, 0.3) is 5.91 Å². The van der Waals surface area contributed by atoms with Crippen molar-refractivity contribution in [1.82, 2.24) is 5.34 Å². The van der Waals surface area contributed by atoms with E-state index in [4.69, 9.17) is 0 Å². The summed E-state index contributed by atoms with van der Waals surface area (Å²) < 4.78 is 23.1. The Hall–Kier alpha value is -0.190. The Labute approximate surface area is 85.3 Å². The maximum Gasteiger partial charge on any atom is 0.283 e. The SMILES string of the molecule is O=C(CCCCCCCBr)N(F)F. The highest BCUT2D eigenvalue weighted by atomic mass is 79.9. The Morgan fingerprint density at radius 1 is 1.08 bits per heavy atom. The minimum atomic E-state index is -1.33. The van der Waals surface area contributed by atoms with E-state index in [0.717, 1.165) is 31.0 Å². The lowest BCUT2D eigenvalue weighted by atomic mass is 10.1. The average Bonchev–Trinajstić information content (AvgIpc) is 2.10. The van der Waals surface area contributed by atoms with E-state index in [1.54, 1.807) is 0 Å². The third kappa shape index (κ3) is 8.15. The first-order valence-corrected chi connectivity index (χ1v) is 5.51. The standard InChI is InChI=1S/C8H14BrF2NO/c9-7-5-3-1-2-4-6-8(13)12(10)11/h1-7H2. The van der Waals surface area contributed by atoms with Crippen molar-refractivity contribution in [2.45, 2.75) is 38.5 Å². The highest BCUT2D eigenvalue weighted by molar-refractivity contribution is 9.09. The Kier molecular flexibility index (Phi) is 8.29. The Balaban J connectivity index is 3.12. The lowest BCUT2D eigenvalue weighted by molar-refractivity contribution is -0.187. The van der Waals surface area contributed by atoms with Crippen LogP contribution in [0.25, 0.3) is 0 Å². The molecule has 0 aromatic rings. The van der Waals surface area contributed by atoms with Crippen LogP contribution in [0.4, 0.5) is 8.96 Å². The molecule has 0 N–H and O–H groups in total. The molecule has 0 aliphatic heterocycles. The minimum absolute atomic E-state index is 0.0404. The molecule has 5 heteroatoms. The molecule has 0 fully saturated rings. The number of nitrogens with zero attached hydrogens (tertiary/aromatic N) is 1. The van der Waals surface area contributed by atoms with Crippen LogP contribution >= 0.6 is 15.9 Å². The zero-order valence-corrected chi connectivity index (χ0v) is 9.03. The summed E-state index contributed by atoms with van der Waals surface area (Å²) in [6.07, 6.45) is 4.58. The Morgan fingerprint density at radius 2 is 1.62 bits per heavy atom. The molecule has 0 heterocycles. The van der Waals surface area contributed by atoms with Gasteiger partial charge in [-0.3, -0.25) is 4.79 Å². The molecule has 2 nitrogen and oxygen atoms in total. The smallest absolute Gasteiger partial charge is 0.269 e. The van der Waals surface area contributed by atoms with Gasteiger partial charge in [-0.25, -0.2) is 0 Å². The molecule has 13 heavy (non-hydrogen) atoms. The largest absolute Gasteiger partial charge is 0.283 e. The number of hydrogen-bond donors (Lipinski definition) is 0. The fraction of sp³-hybridized carbons (Fsp3) is 0.875. The van der Waals surface area contributed by atoms with Gasteiger partial charge in [0.15, 0.2) is 0 Å². The van der Waals surface area contributed by atoms with Crippen molar-refractivity contribution in [3.05, 3.63) is 0 Å². The molecule has 0 rings (SSSR count). The maximum atomic E-state index is 11.5. The van der Waals surface area contributed by atoms with E-state index in [0.29, 0.717) is 6.42 Å². The van der Waals surface area contributed by atoms with Crippen LogP contribution in [0.2, 0.25) is 0 Å². The van der Waals surface area contributed by atoms with E-state index in [9.17, 15) is 13.8 Å². The Morgan fingerprint density at radius 3 is 2.15 bits per heavy atom. The summed E-state index contributed by atoms with van der Waals surface area (Å²) >= 11 is 3.30. The summed E-state index contributed by atoms with van der Waals surface area (Å²) in [5.74, 6) is -1.08. The third-order valence-electron chi connectivity index (χ3n) is 1.71. The summed E-state index contributed by atoms with van der Waals surface area (Å²) in [5.41, 5.74) is 0. The molecule has 0 atom stereocenters. The van der Waals surface area contributed by atoms with E-state index in [1.165, 1.54) is 0 Å². The quantitative estimate of drug-likeness (QED) is 0.389. The van der Waals surface area contributed by atoms with Gasteiger partial charge in [0, 0.05) is 11.8 Å². The number of carbonyl (C=O) groups excluding carboxylic acids is 1. The molecular weight excluding hydrogens is 244 g/mol. The van der Waals surface area contributed by atoms with E-state index in [1.807, 2.05) is 0 Å². The van der Waals surface area contributed by atoms with Crippen LogP contribution < -0.4 is 0 Å². The number of rotatable bonds is 7. The average molecular weight is 258 g/mol. The van der Waals surface area contributed by atoms with Gasteiger partial charge in [-0.05, 0) is 18.2 Å². The van der Waals surface area contributed by atoms with Crippen LogP contribution in [0.1, 0.15) is 38.5 Å². The van der Waals surface area contributed by atoms with Crippen LogP contribution in [0.15, 0.2) is 0 Å². The van der Waals surface area contributed by atoms with Crippen molar-refractivity contribution in [2.75, 3.05) is 5.33 Å². The summed E-state index contributed by atoms with van der Waals surface area (Å²) in [4.78, 5) is 10.4. The lowest BCUT2D eigenvalue weighted by Gasteiger charge is -2.00. The maximum absolute atomic E-state index is 11.5. The summed E-state index contributed by atoms with van der Waals surface area (Å²) in [6, 6.07) is 0. The van der Waals surface area contributed by atoms with Crippen molar-refractivity contribution >= 4 is 21.8 Å². The fourth-order valence-corrected chi connectivity index (χ4v) is 1.38. The van der Waals surface area contributed by atoms with Crippen LogP contribution in [-0.4, -0.2) is 16.6 Å². The first-order chi connectivity index (χ1) is 6.18. The van der Waals surface area contributed by atoms with E-state index in [-0.39, 0.29) is 6.42 Å². The third-order valence-corrected chi connectivity index (χ3v) is 2.27. The predicted octanol–water partition coefficient (Wildman–Crippen LogP) is 3.32. The molecule has 0 saturated carbocycles. The van der Waals surface area contributed by atoms with Crippen molar-refractivity contribution in [3.63, 3.8) is 0 Å². The number of unbranched alkanes of at least 4 members (excludes halogenated alkanes) is 4. The van der Waals surface area contributed by atoms with Crippen molar-refractivity contribution in [2.24, 2.45) is 0 Å². The topological polar surface area (TPSA) is 20.3 Å². The van der Waals surface area contributed by atoms with Gasteiger partial charge in [-0.2, -0.15) is 0 Å². The van der Waals surface area contributed by atoms with Crippen molar-refractivity contribution < 1.29 is 13.8 Å². The van der Waals surface area contributed by atoms with E-state index < -0.39 is 11.3 Å². The van der Waals surface area contributed by atoms with Crippen LogP contribution in [0, 0.1) is 0 Å². The number of amides is 1. The van der Waals surface area contributed by atoms with Gasteiger partial charge >= 0.3 is 0 Å². The second kappa shape index (κ2) is 8.41. The molecule has 0 unspecified atom stereocenters. The van der Waals surface area contributed by atoms with Gasteiger partial charge in [0.2, 0.25) is 0 Å². The minimum Gasteiger partial charge on any atom is -0.269 e.